The van der Waals surface area contributed by atoms with Crippen LogP contribution in [-0.2, 0) is 0 Å². The van der Waals surface area contributed by atoms with E-state index in [-0.39, 0.29) is 12.1 Å². The second-order valence-corrected chi connectivity index (χ2v) is 8.27. The van der Waals surface area contributed by atoms with E-state index in [1.807, 2.05) is 0 Å². The number of nitrogens with one attached hydrogen (secondary N) is 2. The first-order valence-corrected chi connectivity index (χ1v) is 10.8. The number of carbonyl (C=O) groups excluding carboxylic acids is 2. The summed E-state index contributed by atoms with van der Waals surface area (Å²) in [6.07, 6.45) is 0. The number of fused-ring (bicyclic) bond motifs is 2. The van der Waals surface area contributed by atoms with Gasteiger partial charge in [-0.3, -0.25) is 9.59 Å². The van der Waals surface area contributed by atoms with Gasteiger partial charge in [0, 0.05) is 23.3 Å². The predicted octanol–water partition coefficient (Wildman–Crippen LogP) is 7.34. The minimum absolute atomic E-state index is 0.224. The quantitative estimate of drug-likeness (QED) is 0.175. The zero-order valence-electron chi connectivity index (χ0n) is 19.1. The molecule has 1 aliphatic carbocycles. The lowest BCUT2D eigenvalue weighted by molar-refractivity contribution is 0.0972. The minimum atomic E-state index is -2.18. The van der Waals surface area contributed by atoms with Crippen molar-refractivity contribution in [3.05, 3.63) is 117 Å². The van der Waals surface area contributed by atoms with Gasteiger partial charge in [-0.15, -0.1) is 0 Å². The summed E-state index contributed by atoms with van der Waals surface area (Å²) in [5.74, 6) is -23.4. The third-order valence-corrected chi connectivity index (χ3v) is 5.97. The normalized spacial score (nSPS) is 12.3. The van der Waals surface area contributed by atoms with Gasteiger partial charge in [-0.2, -0.15) is 0 Å². The summed E-state index contributed by atoms with van der Waals surface area (Å²) in [7, 11) is 0. The molecule has 0 bridgehead atoms. The molecular weight excluding hydrogens is 562 g/mol. The monoisotopic (exact) mass is 570 g/mol. The first-order valence-electron chi connectivity index (χ1n) is 10.8. The second kappa shape index (κ2) is 9.39. The van der Waals surface area contributed by atoms with Gasteiger partial charge < -0.3 is 10.6 Å². The number of ketones is 2. The van der Waals surface area contributed by atoms with E-state index in [4.69, 9.17) is 0 Å². The SMILES string of the molecule is O=C1c2ccccc2C(=O)c2c(F)c(Nc3c(F)c(F)cc(F)c3F)c(Nc3c(F)c(F)cc(F)c3F)c(F)c21. The Balaban J connectivity index is 1.85. The van der Waals surface area contributed by atoms with Crippen molar-refractivity contribution in [1.29, 1.82) is 0 Å². The fourth-order valence-corrected chi connectivity index (χ4v) is 4.11. The molecule has 1 aliphatic rings. The Morgan fingerprint density at radius 1 is 0.425 bits per heavy atom. The van der Waals surface area contributed by atoms with Crippen LogP contribution in [-0.4, -0.2) is 11.6 Å². The molecule has 4 aromatic rings. The molecule has 5 rings (SSSR count). The number of anilines is 4. The predicted molar refractivity (Wildman–Crippen MR) is 119 cm³/mol. The van der Waals surface area contributed by atoms with Crippen molar-refractivity contribution in [3.63, 3.8) is 0 Å². The Morgan fingerprint density at radius 2 is 0.725 bits per heavy atom. The number of hydrogen-bond donors (Lipinski definition) is 2. The summed E-state index contributed by atoms with van der Waals surface area (Å²) in [5, 5.41) is 2.99. The van der Waals surface area contributed by atoms with Crippen LogP contribution in [0.25, 0.3) is 0 Å². The highest BCUT2D eigenvalue weighted by molar-refractivity contribution is 6.29. The molecule has 0 unspecified atom stereocenters. The van der Waals surface area contributed by atoms with Crippen LogP contribution in [0.1, 0.15) is 31.8 Å². The molecule has 0 atom stereocenters. The average molecular weight is 570 g/mol. The minimum Gasteiger partial charge on any atom is -0.346 e. The van der Waals surface area contributed by atoms with Gasteiger partial charge in [0.15, 0.2) is 69.7 Å². The summed E-state index contributed by atoms with van der Waals surface area (Å²) in [6, 6.07) is 4.22. The highest BCUT2D eigenvalue weighted by Crippen LogP contribution is 2.43. The van der Waals surface area contributed by atoms with E-state index in [1.165, 1.54) is 22.8 Å². The Morgan fingerprint density at radius 3 is 1.02 bits per heavy atom. The standard InChI is InChI=1S/C26H8F10N2O2/c27-9-5-10(28)16(32)21(15(9)31)37-23-19(35)13-14(26(40)8-4-2-1-3-7(8)25(13)39)20(36)24(23)38-22-17(33)11(29)6-12(30)18(22)34/h1-6,37-38H. The van der Waals surface area contributed by atoms with Crippen molar-refractivity contribution >= 4 is 34.3 Å². The van der Waals surface area contributed by atoms with Crippen molar-refractivity contribution in [2.75, 3.05) is 10.6 Å². The molecular formula is C26H8F10N2O2. The van der Waals surface area contributed by atoms with Crippen LogP contribution < -0.4 is 10.6 Å². The van der Waals surface area contributed by atoms with Crippen LogP contribution in [0, 0.1) is 58.2 Å². The molecule has 2 N–H and O–H groups in total. The summed E-state index contributed by atoms with van der Waals surface area (Å²) in [5.41, 5.74) is -10.3. The highest BCUT2D eigenvalue weighted by Gasteiger charge is 2.39. The van der Waals surface area contributed by atoms with Gasteiger partial charge >= 0.3 is 0 Å². The summed E-state index contributed by atoms with van der Waals surface area (Å²) >= 11 is 0. The molecule has 204 valence electrons. The summed E-state index contributed by atoms with van der Waals surface area (Å²) in [4.78, 5) is 26.1. The summed E-state index contributed by atoms with van der Waals surface area (Å²) < 4.78 is 145. The van der Waals surface area contributed by atoms with E-state index < -0.39 is 115 Å². The topological polar surface area (TPSA) is 58.2 Å². The molecule has 0 aromatic heterocycles. The van der Waals surface area contributed by atoms with Crippen LogP contribution in [0.5, 0.6) is 0 Å². The van der Waals surface area contributed by atoms with Gasteiger partial charge in [-0.1, -0.05) is 24.3 Å². The van der Waals surface area contributed by atoms with E-state index in [9.17, 15) is 44.7 Å². The van der Waals surface area contributed by atoms with Crippen molar-refractivity contribution in [2.45, 2.75) is 0 Å². The van der Waals surface area contributed by atoms with E-state index >= 15 is 8.78 Å². The Kier molecular flexibility index (Phi) is 6.27. The number of rotatable bonds is 4. The van der Waals surface area contributed by atoms with Crippen molar-refractivity contribution in [2.24, 2.45) is 0 Å². The molecule has 0 amide bonds. The molecule has 14 heteroatoms. The lowest BCUT2D eigenvalue weighted by atomic mass is 9.82. The zero-order valence-corrected chi connectivity index (χ0v) is 19.1. The third-order valence-electron chi connectivity index (χ3n) is 5.97. The van der Waals surface area contributed by atoms with E-state index in [1.54, 1.807) is 0 Å². The highest BCUT2D eigenvalue weighted by atomic mass is 19.2. The number of benzene rings is 4. The molecule has 4 nitrogen and oxygen atoms in total. The third kappa shape index (κ3) is 3.86. The molecule has 0 saturated carbocycles. The van der Waals surface area contributed by atoms with Gasteiger partial charge in [0.2, 0.25) is 0 Å². The number of carbonyl (C=O) groups is 2. The molecule has 0 radical (unpaired) electrons. The number of halogens is 10. The molecule has 0 saturated heterocycles. The van der Waals surface area contributed by atoms with Gasteiger partial charge in [-0.05, 0) is 0 Å². The van der Waals surface area contributed by atoms with Gasteiger partial charge in [0.25, 0.3) is 0 Å². The molecule has 0 spiro atoms. The van der Waals surface area contributed by atoms with Crippen molar-refractivity contribution in [1.82, 2.24) is 0 Å². The fourth-order valence-electron chi connectivity index (χ4n) is 4.11. The molecule has 0 heterocycles. The smallest absolute Gasteiger partial charge is 0.197 e. The second-order valence-electron chi connectivity index (χ2n) is 8.27. The van der Waals surface area contributed by atoms with E-state index in [0.29, 0.717) is 0 Å². The first kappa shape index (κ1) is 26.7. The Labute approximate surface area is 215 Å². The Bertz CT molecular complexity index is 1620. The maximum Gasteiger partial charge on any atom is 0.197 e. The lowest BCUT2D eigenvalue weighted by Crippen LogP contribution is -2.25. The van der Waals surface area contributed by atoms with Crippen LogP contribution >= 0.6 is 0 Å². The van der Waals surface area contributed by atoms with E-state index in [2.05, 4.69) is 0 Å². The van der Waals surface area contributed by atoms with Crippen molar-refractivity contribution < 1.29 is 53.5 Å². The van der Waals surface area contributed by atoms with Gasteiger partial charge in [0.1, 0.15) is 22.7 Å². The van der Waals surface area contributed by atoms with Crippen molar-refractivity contribution in [3.8, 4) is 0 Å². The number of hydrogen-bond acceptors (Lipinski definition) is 4. The lowest BCUT2D eigenvalue weighted by Gasteiger charge is -2.24. The molecule has 0 fully saturated rings. The molecule has 40 heavy (non-hydrogen) atoms. The van der Waals surface area contributed by atoms with Crippen LogP contribution in [0.2, 0.25) is 0 Å². The first-order chi connectivity index (χ1) is 18.8. The zero-order chi connectivity index (χ0) is 29.2. The Hall–Kier alpha value is -4.88. The summed E-state index contributed by atoms with van der Waals surface area (Å²) in [6.45, 7) is 0. The molecule has 4 aromatic carbocycles. The van der Waals surface area contributed by atoms with E-state index in [0.717, 1.165) is 12.1 Å². The largest absolute Gasteiger partial charge is 0.346 e. The maximum atomic E-state index is 15.9. The molecule has 0 aliphatic heterocycles. The van der Waals surface area contributed by atoms with Crippen LogP contribution in [0.4, 0.5) is 66.7 Å². The average Bonchev–Trinajstić information content (AvgIpc) is 2.92. The van der Waals surface area contributed by atoms with Crippen LogP contribution in [0.15, 0.2) is 36.4 Å². The van der Waals surface area contributed by atoms with Gasteiger partial charge in [-0.25, -0.2) is 43.9 Å². The van der Waals surface area contributed by atoms with Gasteiger partial charge in [0.05, 0.1) is 11.1 Å². The maximum absolute atomic E-state index is 15.9. The fraction of sp³-hybridized carbons (Fsp3) is 0. The van der Waals surface area contributed by atoms with Crippen LogP contribution in [0.3, 0.4) is 0 Å².